The molecule has 0 saturated carbocycles. The fourth-order valence-electron chi connectivity index (χ4n) is 1.85. The Hall–Kier alpha value is -2.41. The summed E-state index contributed by atoms with van der Waals surface area (Å²) in [5.74, 6) is -0.711. The van der Waals surface area contributed by atoms with Crippen LogP contribution in [0.1, 0.15) is 18.9 Å². The molecule has 0 radical (unpaired) electrons. The molecule has 0 bridgehead atoms. The molecule has 0 aliphatic heterocycles. The highest BCUT2D eigenvalue weighted by Crippen LogP contribution is 2.19. The van der Waals surface area contributed by atoms with Crippen LogP contribution in [0.2, 0.25) is 0 Å². The zero-order chi connectivity index (χ0) is 17.5. The molecular formula is C17H16F2N2O2S. The van der Waals surface area contributed by atoms with Crippen LogP contribution in [0.4, 0.5) is 8.78 Å². The molecule has 0 spiro atoms. The van der Waals surface area contributed by atoms with E-state index in [1.165, 1.54) is 30.0 Å². The number of phenols is 1. The molecule has 4 nitrogen and oxygen atoms in total. The molecule has 0 aliphatic rings. The lowest BCUT2D eigenvalue weighted by Crippen LogP contribution is -2.19. The Labute approximate surface area is 142 Å². The zero-order valence-electron chi connectivity index (χ0n) is 12.9. The Morgan fingerprint density at radius 3 is 2.54 bits per heavy atom. The van der Waals surface area contributed by atoms with Gasteiger partial charge in [0.05, 0.1) is 5.71 Å². The SMILES string of the molecule is C/C(=N\NC(=O)CCSc1ccc(F)cc1)c1cc(F)ccc1O. The molecule has 2 rings (SSSR count). The van der Waals surface area contributed by atoms with Crippen molar-refractivity contribution in [3.63, 3.8) is 0 Å². The molecule has 1 amide bonds. The van der Waals surface area contributed by atoms with E-state index in [0.29, 0.717) is 11.5 Å². The van der Waals surface area contributed by atoms with Gasteiger partial charge in [0.25, 0.3) is 0 Å². The van der Waals surface area contributed by atoms with E-state index >= 15 is 0 Å². The van der Waals surface area contributed by atoms with Gasteiger partial charge in [-0.1, -0.05) is 0 Å². The number of hydrogen-bond acceptors (Lipinski definition) is 4. The average Bonchev–Trinajstić information content (AvgIpc) is 2.56. The molecule has 0 aliphatic carbocycles. The lowest BCUT2D eigenvalue weighted by Gasteiger charge is -2.05. The van der Waals surface area contributed by atoms with E-state index in [2.05, 4.69) is 10.5 Å². The zero-order valence-corrected chi connectivity index (χ0v) is 13.7. The van der Waals surface area contributed by atoms with Gasteiger partial charge in [0.2, 0.25) is 5.91 Å². The molecule has 2 aromatic carbocycles. The largest absolute Gasteiger partial charge is 0.507 e. The van der Waals surface area contributed by atoms with E-state index in [0.717, 1.165) is 17.0 Å². The maximum atomic E-state index is 13.2. The van der Waals surface area contributed by atoms with Crippen LogP contribution in [0.3, 0.4) is 0 Å². The topological polar surface area (TPSA) is 61.7 Å². The van der Waals surface area contributed by atoms with Crippen LogP contribution in [0, 0.1) is 11.6 Å². The Bertz CT molecular complexity index is 749. The van der Waals surface area contributed by atoms with E-state index in [1.807, 2.05) is 0 Å². The highest BCUT2D eigenvalue weighted by molar-refractivity contribution is 7.99. The second-order valence-electron chi connectivity index (χ2n) is 4.95. The summed E-state index contributed by atoms with van der Waals surface area (Å²) < 4.78 is 26.0. The minimum atomic E-state index is -0.501. The first-order valence-corrected chi connectivity index (χ1v) is 8.14. The number of amides is 1. The fraction of sp³-hybridized carbons (Fsp3) is 0.176. The number of aromatic hydroxyl groups is 1. The summed E-state index contributed by atoms with van der Waals surface area (Å²) in [4.78, 5) is 12.6. The number of benzene rings is 2. The lowest BCUT2D eigenvalue weighted by molar-refractivity contribution is -0.120. The number of phenolic OH excluding ortho intramolecular Hbond substituents is 1. The number of nitrogens with zero attached hydrogens (tertiary/aromatic N) is 1. The molecule has 0 unspecified atom stereocenters. The van der Waals surface area contributed by atoms with Gasteiger partial charge in [0.1, 0.15) is 17.4 Å². The summed E-state index contributed by atoms with van der Waals surface area (Å²) in [5, 5.41) is 13.5. The number of carbonyl (C=O) groups excluding carboxylic acids is 1. The third-order valence-electron chi connectivity index (χ3n) is 3.11. The van der Waals surface area contributed by atoms with E-state index in [4.69, 9.17) is 0 Å². The van der Waals surface area contributed by atoms with Crippen molar-refractivity contribution < 1.29 is 18.7 Å². The number of thioether (sulfide) groups is 1. The minimum absolute atomic E-state index is 0.112. The quantitative estimate of drug-likeness (QED) is 0.474. The number of carbonyl (C=O) groups is 1. The second-order valence-corrected chi connectivity index (χ2v) is 6.11. The summed E-state index contributed by atoms with van der Waals surface area (Å²) >= 11 is 1.43. The van der Waals surface area contributed by atoms with Crippen molar-refractivity contribution in [1.29, 1.82) is 0 Å². The van der Waals surface area contributed by atoms with Gasteiger partial charge in [-0.05, 0) is 49.4 Å². The van der Waals surface area contributed by atoms with Crippen LogP contribution in [0.5, 0.6) is 5.75 Å². The van der Waals surface area contributed by atoms with Crippen LogP contribution in [0.15, 0.2) is 52.5 Å². The first kappa shape index (κ1) is 17.9. The Morgan fingerprint density at radius 1 is 1.17 bits per heavy atom. The number of rotatable bonds is 6. The summed E-state index contributed by atoms with van der Waals surface area (Å²) in [6, 6.07) is 9.52. The van der Waals surface area contributed by atoms with Gasteiger partial charge in [-0.25, -0.2) is 14.2 Å². The molecule has 0 atom stereocenters. The Morgan fingerprint density at radius 2 is 1.83 bits per heavy atom. The average molecular weight is 350 g/mol. The maximum absolute atomic E-state index is 13.2. The molecular weight excluding hydrogens is 334 g/mol. The van der Waals surface area contributed by atoms with Crippen molar-refractivity contribution in [3.8, 4) is 5.75 Å². The summed E-state index contributed by atoms with van der Waals surface area (Å²) in [7, 11) is 0. The van der Waals surface area contributed by atoms with Crippen molar-refractivity contribution in [1.82, 2.24) is 5.43 Å². The third-order valence-corrected chi connectivity index (χ3v) is 4.12. The molecule has 0 aromatic heterocycles. The second kappa shape index (κ2) is 8.44. The van der Waals surface area contributed by atoms with Gasteiger partial charge in [-0.15, -0.1) is 11.8 Å². The van der Waals surface area contributed by atoms with Crippen LogP contribution in [-0.4, -0.2) is 22.5 Å². The molecule has 0 fully saturated rings. The van der Waals surface area contributed by atoms with Crippen LogP contribution < -0.4 is 5.43 Å². The van der Waals surface area contributed by atoms with Gasteiger partial charge in [0.15, 0.2) is 0 Å². The van der Waals surface area contributed by atoms with Crippen molar-refractivity contribution in [2.45, 2.75) is 18.2 Å². The highest BCUT2D eigenvalue weighted by atomic mass is 32.2. The summed E-state index contributed by atoms with van der Waals surface area (Å²) in [6.07, 6.45) is 0.216. The molecule has 24 heavy (non-hydrogen) atoms. The number of halogens is 2. The van der Waals surface area contributed by atoms with Crippen LogP contribution in [-0.2, 0) is 4.79 Å². The molecule has 0 heterocycles. The fourth-order valence-corrected chi connectivity index (χ4v) is 2.70. The van der Waals surface area contributed by atoms with Crippen molar-refractivity contribution in [2.24, 2.45) is 5.10 Å². The van der Waals surface area contributed by atoms with Crippen molar-refractivity contribution in [3.05, 3.63) is 59.7 Å². The summed E-state index contributed by atoms with van der Waals surface area (Å²) in [6.45, 7) is 1.56. The van der Waals surface area contributed by atoms with E-state index < -0.39 is 5.82 Å². The number of nitrogens with one attached hydrogen (secondary N) is 1. The van der Waals surface area contributed by atoms with Gasteiger partial charge in [-0.3, -0.25) is 4.79 Å². The summed E-state index contributed by atoms with van der Waals surface area (Å²) in [5.41, 5.74) is 2.88. The van der Waals surface area contributed by atoms with E-state index in [9.17, 15) is 18.7 Å². The Kier molecular flexibility index (Phi) is 6.31. The van der Waals surface area contributed by atoms with Gasteiger partial charge >= 0.3 is 0 Å². The molecule has 2 N–H and O–H groups in total. The molecule has 7 heteroatoms. The maximum Gasteiger partial charge on any atom is 0.240 e. The van der Waals surface area contributed by atoms with E-state index in [-0.39, 0.29) is 29.5 Å². The number of hydrazone groups is 1. The van der Waals surface area contributed by atoms with Crippen molar-refractivity contribution in [2.75, 3.05) is 5.75 Å². The predicted molar refractivity (Wildman–Crippen MR) is 90.2 cm³/mol. The van der Waals surface area contributed by atoms with Crippen molar-refractivity contribution >= 4 is 23.4 Å². The molecule has 2 aromatic rings. The highest BCUT2D eigenvalue weighted by Gasteiger charge is 2.07. The van der Waals surface area contributed by atoms with Gasteiger partial charge in [0, 0.05) is 22.6 Å². The Balaban J connectivity index is 1.83. The molecule has 0 saturated heterocycles. The smallest absolute Gasteiger partial charge is 0.240 e. The first-order chi connectivity index (χ1) is 11.5. The standard InChI is InChI=1S/C17H16F2N2O2S/c1-11(15-10-13(19)4-7-16(15)22)20-21-17(23)8-9-24-14-5-2-12(18)3-6-14/h2-7,10,22H,8-9H2,1H3,(H,21,23)/b20-11+. The van der Waals surface area contributed by atoms with Crippen LogP contribution in [0.25, 0.3) is 0 Å². The van der Waals surface area contributed by atoms with E-state index in [1.54, 1.807) is 19.1 Å². The van der Waals surface area contributed by atoms with Gasteiger partial charge < -0.3 is 5.11 Å². The first-order valence-electron chi connectivity index (χ1n) is 7.16. The van der Waals surface area contributed by atoms with Gasteiger partial charge in [-0.2, -0.15) is 5.10 Å². The minimum Gasteiger partial charge on any atom is -0.507 e. The predicted octanol–water partition coefficient (Wildman–Crippen LogP) is 3.69. The monoisotopic (exact) mass is 350 g/mol. The molecule has 126 valence electrons. The van der Waals surface area contributed by atoms with Crippen LogP contribution >= 0.6 is 11.8 Å². The normalized spacial score (nSPS) is 11.4. The number of hydrogen-bond donors (Lipinski definition) is 2. The lowest BCUT2D eigenvalue weighted by atomic mass is 10.1. The third kappa shape index (κ3) is 5.34.